The van der Waals surface area contributed by atoms with E-state index in [2.05, 4.69) is 16.5 Å². The molecule has 4 aromatic rings. The summed E-state index contributed by atoms with van der Waals surface area (Å²) >= 11 is 0. The first-order valence-corrected chi connectivity index (χ1v) is 11.3. The third-order valence-corrected chi connectivity index (χ3v) is 5.54. The number of hydrogen-bond acceptors (Lipinski definition) is 8. The fourth-order valence-corrected chi connectivity index (χ4v) is 3.83. The third-order valence-electron chi connectivity index (χ3n) is 5.54. The summed E-state index contributed by atoms with van der Waals surface area (Å²) in [5.41, 5.74) is 8.35. The van der Waals surface area contributed by atoms with Crippen LogP contribution in [0.5, 0.6) is 11.5 Å². The van der Waals surface area contributed by atoms with Gasteiger partial charge in [0.25, 0.3) is 11.8 Å². The van der Waals surface area contributed by atoms with Gasteiger partial charge in [0.2, 0.25) is 0 Å². The highest BCUT2D eigenvalue weighted by Gasteiger charge is 2.23. The number of fused-ring (bicyclic) bond motifs is 1. The van der Waals surface area contributed by atoms with Crippen molar-refractivity contribution in [3.63, 3.8) is 0 Å². The van der Waals surface area contributed by atoms with Crippen molar-refractivity contribution < 1.29 is 19.1 Å². The predicted molar refractivity (Wildman–Crippen MR) is 136 cm³/mol. The predicted octanol–water partition coefficient (Wildman–Crippen LogP) is 3.34. The Balaban J connectivity index is 1.71. The van der Waals surface area contributed by atoms with Crippen molar-refractivity contribution in [1.82, 2.24) is 24.6 Å². The maximum atomic E-state index is 13.0. The molecule has 2 N–H and O–H groups in total. The number of nitrogens with zero attached hydrogens (tertiary/aromatic N) is 5. The number of carbonyl (C=O) groups excluding carboxylic acids is 2. The highest BCUT2D eigenvalue weighted by Crippen LogP contribution is 2.36. The van der Waals surface area contributed by atoms with E-state index in [9.17, 15) is 9.59 Å². The summed E-state index contributed by atoms with van der Waals surface area (Å²) in [6.07, 6.45) is 2.46. The van der Waals surface area contributed by atoms with Crippen molar-refractivity contribution in [3.05, 3.63) is 73.1 Å². The second kappa shape index (κ2) is 10.7. The van der Waals surface area contributed by atoms with Gasteiger partial charge in [0.05, 0.1) is 25.6 Å². The normalized spacial score (nSPS) is 10.7. The van der Waals surface area contributed by atoms with Crippen molar-refractivity contribution in [2.24, 2.45) is 0 Å². The molecule has 0 saturated carbocycles. The lowest BCUT2D eigenvalue weighted by Gasteiger charge is -2.19. The molecule has 36 heavy (non-hydrogen) atoms. The van der Waals surface area contributed by atoms with Gasteiger partial charge < -0.3 is 15.2 Å². The van der Waals surface area contributed by atoms with Crippen LogP contribution in [0.1, 0.15) is 17.3 Å². The van der Waals surface area contributed by atoms with E-state index in [4.69, 9.17) is 20.3 Å². The molecule has 2 heterocycles. The number of methoxy groups -OCH3 is 1. The van der Waals surface area contributed by atoms with Crippen LogP contribution in [0.2, 0.25) is 0 Å². The van der Waals surface area contributed by atoms with Gasteiger partial charge in [0.15, 0.2) is 17.1 Å². The maximum absolute atomic E-state index is 13.0. The van der Waals surface area contributed by atoms with E-state index < -0.39 is 11.8 Å². The molecule has 0 aliphatic carbocycles. The molecule has 184 valence electrons. The zero-order valence-electron chi connectivity index (χ0n) is 20.0. The summed E-state index contributed by atoms with van der Waals surface area (Å²) in [7, 11) is 1.56. The van der Waals surface area contributed by atoms with Gasteiger partial charge in [-0.2, -0.15) is 5.10 Å². The van der Waals surface area contributed by atoms with Crippen molar-refractivity contribution in [3.8, 4) is 22.8 Å². The fraction of sp³-hybridized carbons (Fsp3) is 0.192. The minimum Gasteiger partial charge on any atom is -0.493 e. The molecule has 0 radical (unpaired) electrons. The Bertz CT molecular complexity index is 1420. The van der Waals surface area contributed by atoms with E-state index in [1.54, 1.807) is 54.3 Å². The highest BCUT2D eigenvalue weighted by molar-refractivity contribution is 6.07. The molecule has 10 heteroatoms. The minimum atomic E-state index is -0.508. The second-order valence-corrected chi connectivity index (χ2v) is 7.69. The van der Waals surface area contributed by atoms with E-state index in [-0.39, 0.29) is 18.9 Å². The summed E-state index contributed by atoms with van der Waals surface area (Å²) in [5, 5.41) is 5.28. The number of rotatable bonds is 9. The second-order valence-electron chi connectivity index (χ2n) is 7.69. The molecule has 2 amide bonds. The van der Waals surface area contributed by atoms with Gasteiger partial charge in [-0.1, -0.05) is 24.8 Å². The van der Waals surface area contributed by atoms with Crippen LogP contribution in [0.15, 0.2) is 67.5 Å². The van der Waals surface area contributed by atoms with E-state index in [0.717, 1.165) is 16.5 Å². The van der Waals surface area contributed by atoms with Crippen LogP contribution in [-0.2, 0) is 11.3 Å². The lowest BCUT2D eigenvalue weighted by atomic mass is 10.1. The van der Waals surface area contributed by atoms with Crippen LogP contribution >= 0.6 is 0 Å². The number of carbonyl (C=O) groups is 2. The van der Waals surface area contributed by atoms with Crippen LogP contribution in [0, 0.1) is 0 Å². The van der Waals surface area contributed by atoms with E-state index in [1.807, 2.05) is 13.0 Å². The van der Waals surface area contributed by atoms with E-state index >= 15 is 0 Å². The Morgan fingerprint density at radius 2 is 1.92 bits per heavy atom. The number of imide groups is 1. The Morgan fingerprint density at radius 1 is 1.14 bits per heavy atom. The van der Waals surface area contributed by atoms with Crippen LogP contribution in [0.3, 0.4) is 0 Å². The summed E-state index contributed by atoms with van der Waals surface area (Å²) in [6.45, 7) is 6.14. The first-order valence-electron chi connectivity index (χ1n) is 11.3. The summed E-state index contributed by atoms with van der Waals surface area (Å²) in [4.78, 5) is 35.2. The largest absolute Gasteiger partial charge is 0.493 e. The number of ether oxygens (including phenoxy) is 2. The molecule has 0 atom stereocenters. The molecule has 0 bridgehead atoms. The lowest BCUT2D eigenvalue weighted by molar-refractivity contribution is -0.123. The molecule has 0 spiro atoms. The smallest absolute Gasteiger partial charge is 0.260 e. The summed E-state index contributed by atoms with van der Waals surface area (Å²) < 4.78 is 12.7. The standard InChI is InChI=1S/C26H26N6O4/c1-4-21(33)31(26(34)17-9-7-6-8-10-17)13-14-32-25-22(24(27)28-16-29-25)23(30-32)18-11-12-19(36-5-2)20(15-18)35-3/h4,6-12,15-16H,1,5,13-14H2,2-3H3,(H2,27,28,29). The number of nitrogen functional groups attached to an aromatic ring is 1. The number of hydrogen-bond donors (Lipinski definition) is 1. The summed E-state index contributed by atoms with van der Waals surface area (Å²) in [5.74, 6) is 0.473. The maximum Gasteiger partial charge on any atom is 0.260 e. The van der Waals surface area contributed by atoms with Crippen LogP contribution in [0.25, 0.3) is 22.3 Å². The first kappa shape index (κ1) is 24.4. The molecule has 0 fully saturated rings. The van der Waals surface area contributed by atoms with Gasteiger partial charge in [-0.05, 0) is 43.3 Å². The van der Waals surface area contributed by atoms with Gasteiger partial charge in [0, 0.05) is 17.7 Å². The van der Waals surface area contributed by atoms with Crippen LogP contribution < -0.4 is 15.2 Å². The Hall–Kier alpha value is -4.73. The monoisotopic (exact) mass is 486 g/mol. The van der Waals surface area contributed by atoms with Crippen molar-refractivity contribution in [2.45, 2.75) is 13.5 Å². The quantitative estimate of drug-likeness (QED) is 0.357. The molecule has 2 aromatic carbocycles. The molecule has 0 unspecified atom stereocenters. The van der Waals surface area contributed by atoms with E-state index in [0.29, 0.717) is 40.4 Å². The number of benzene rings is 2. The van der Waals surface area contributed by atoms with Crippen molar-refractivity contribution >= 4 is 28.7 Å². The molecule has 10 nitrogen and oxygen atoms in total. The lowest BCUT2D eigenvalue weighted by Crippen LogP contribution is -2.38. The van der Waals surface area contributed by atoms with Gasteiger partial charge >= 0.3 is 0 Å². The van der Waals surface area contributed by atoms with E-state index in [1.165, 1.54) is 6.33 Å². The number of anilines is 1. The van der Waals surface area contributed by atoms with Gasteiger partial charge in [-0.3, -0.25) is 14.5 Å². The van der Waals surface area contributed by atoms with Crippen molar-refractivity contribution in [1.29, 1.82) is 0 Å². The van der Waals surface area contributed by atoms with Gasteiger partial charge in [-0.25, -0.2) is 14.6 Å². The molecule has 0 saturated heterocycles. The fourth-order valence-electron chi connectivity index (χ4n) is 3.83. The summed E-state index contributed by atoms with van der Waals surface area (Å²) in [6, 6.07) is 14.0. The van der Waals surface area contributed by atoms with Crippen LogP contribution in [-0.4, -0.2) is 56.7 Å². The number of amides is 2. The van der Waals surface area contributed by atoms with Crippen LogP contribution in [0.4, 0.5) is 5.82 Å². The number of aromatic nitrogens is 4. The Kier molecular flexibility index (Phi) is 7.24. The number of nitrogens with two attached hydrogens (primary N) is 1. The highest BCUT2D eigenvalue weighted by atomic mass is 16.5. The zero-order chi connectivity index (χ0) is 25.7. The molecular weight excluding hydrogens is 460 g/mol. The SMILES string of the molecule is C=CC(=O)N(CCn1nc(-c2ccc(OCC)c(OC)c2)c2c(N)ncnc21)C(=O)c1ccccc1. The molecule has 0 aliphatic rings. The molecular formula is C26H26N6O4. The topological polar surface area (TPSA) is 125 Å². The third kappa shape index (κ3) is 4.74. The Morgan fingerprint density at radius 3 is 2.61 bits per heavy atom. The average Bonchev–Trinajstić information content (AvgIpc) is 3.29. The Labute approximate surface area is 208 Å². The molecule has 0 aliphatic heterocycles. The van der Waals surface area contributed by atoms with Crippen molar-refractivity contribution in [2.75, 3.05) is 26.0 Å². The molecule has 4 rings (SSSR count). The van der Waals surface area contributed by atoms with Gasteiger partial charge in [0.1, 0.15) is 17.8 Å². The van der Waals surface area contributed by atoms with Gasteiger partial charge in [-0.15, -0.1) is 0 Å². The molecule has 2 aromatic heterocycles. The zero-order valence-corrected chi connectivity index (χ0v) is 20.0. The minimum absolute atomic E-state index is 0.0469. The average molecular weight is 487 g/mol. The first-order chi connectivity index (χ1) is 17.5.